The second-order valence-electron chi connectivity index (χ2n) is 8.49. The number of nitrogens with one attached hydrogen (secondary N) is 2. The lowest BCUT2D eigenvalue weighted by molar-refractivity contribution is -0.183. The van der Waals surface area contributed by atoms with Crippen molar-refractivity contribution in [2.75, 3.05) is 13.2 Å². The molecule has 3 fully saturated rings. The molecule has 0 saturated heterocycles. The number of rotatable bonds is 9. The molecule has 2 bridgehead atoms. The van der Waals surface area contributed by atoms with Crippen LogP contribution in [0.4, 0.5) is 8.78 Å². The van der Waals surface area contributed by atoms with Gasteiger partial charge in [-0.2, -0.15) is 0 Å². The molecule has 8 heteroatoms. The highest BCUT2D eigenvalue weighted by molar-refractivity contribution is 6.30. The van der Waals surface area contributed by atoms with Gasteiger partial charge in [-0.05, 0) is 61.9 Å². The standard InChI is InChI=1S/C23H23ClF2N2O3/c24-18-8-7-17(10-19(18)26)31-11-20(29)28-23-12-22(13-23,14-23)21(30)27-9-1-2-15-3-5-16(25)6-4-15/h3-8,10H,1-2,9,11-14H2,(H,27,30)(H,28,29). The summed E-state index contributed by atoms with van der Waals surface area (Å²) in [6.07, 6.45) is 3.39. The Morgan fingerprint density at radius 2 is 1.77 bits per heavy atom. The lowest BCUT2D eigenvalue weighted by Gasteiger charge is -2.69. The van der Waals surface area contributed by atoms with Crippen LogP contribution in [0.2, 0.25) is 5.02 Å². The minimum Gasteiger partial charge on any atom is -0.484 e. The molecule has 0 aromatic heterocycles. The summed E-state index contributed by atoms with van der Waals surface area (Å²) in [7, 11) is 0. The van der Waals surface area contributed by atoms with Crippen LogP contribution in [0.15, 0.2) is 42.5 Å². The molecule has 0 heterocycles. The molecule has 0 unspecified atom stereocenters. The second-order valence-corrected chi connectivity index (χ2v) is 8.90. The third-order valence-electron chi connectivity index (χ3n) is 6.02. The number of ether oxygens (including phenoxy) is 1. The molecule has 164 valence electrons. The number of halogens is 3. The van der Waals surface area contributed by atoms with Crippen molar-refractivity contribution in [3.8, 4) is 5.75 Å². The zero-order valence-electron chi connectivity index (χ0n) is 16.8. The first-order valence-corrected chi connectivity index (χ1v) is 10.6. The first-order chi connectivity index (χ1) is 14.8. The van der Waals surface area contributed by atoms with Crippen molar-refractivity contribution in [1.82, 2.24) is 10.6 Å². The quantitative estimate of drug-likeness (QED) is 0.574. The molecule has 5 nitrogen and oxygen atoms in total. The van der Waals surface area contributed by atoms with Gasteiger partial charge < -0.3 is 15.4 Å². The van der Waals surface area contributed by atoms with E-state index in [2.05, 4.69) is 10.6 Å². The molecule has 0 aliphatic heterocycles. The Balaban J connectivity index is 1.14. The number of benzene rings is 2. The Morgan fingerprint density at radius 3 is 2.45 bits per heavy atom. The van der Waals surface area contributed by atoms with Gasteiger partial charge >= 0.3 is 0 Å². The van der Waals surface area contributed by atoms with Crippen LogP contribution < -0.4 is 15.4 Å². The molecule has 2 N–H and O–H groups in total. The van der Waals surface area contributed by atoms with Gasteiger partial charge in [0.15, 0.2) is 6.61 Å². The molecule has 3 saturated carbocycles. The van der Waals surface area contributed by atoms with Crippen molar-refractivity contribution in [3.05, 3.63) is 64.7 Å². The number of amides is 2. The minimum absolute atomic E-state index is 0.00954. The molecule has 5 rings (SSSR count). The SMILES string of the molecule is O=C(COc1ccc(Cl)c(F)c1)NC12CC(C(=O)NCCCc3ccc(F)cc3)(C1)C2. The van der Waals surface area contributed by atoms with E-state index in [4.69, 9.17) is 16.3 Å². The topological polar surface area (TPSA) is 67.4 Å². The van der Waals surface area contributed by atoms with E-state index in [9.17, 15) is 18.4 Å². The number of hydrogen-bond donors (Lipinski definition) is 2. The van der Waals surface area contributed by atoms with Gasteiger partial charge in [-0.15, -0.1) is 0 Å². The lowest BCUT2D eigenvalue weighted by Crippen LogP contribution is -2.78. The fourth-order valence-electron chi connectivity index (χ4n) is 4.54. The van der Waals surface area contributed by atoms with Gasteiger partial charge in [-0.25, -0.2) is 8.78 Å². The van der Waals surface area contributed by atoms with Crippen LogP contribution in [-0.2, 0) is 16.0 Å². The molecule has 3 aliphatic rings. The Morgan fingerprint density at radius 1 is 1.06 bits per heavy atom. The molecule has 0 radical (unpaired) electrons. The van der Waals surface area contributed by atoms with Crippen LogP contribution in [0.5, 0.6) is 5.75 Å². The normalized spacial score (nSPS) is 23.3. The van der Waals surface area contributed by atoms with E-state index in [-0.39, 0.29) is 46.0 Å². The zero-order chi connectivity index (χ0) is 22.1. The molecule has 0 spiro atoms. The molecule has 2 amide bonds. The first-order valence-electron chi connectivity index (χ1n) is 10.2. The maximum atomic E-state index is 13.4. The van der Waals surface area contributed by atoms with E-state index in [0.717, 1.165) is 24.5 Å². The van der Waals surface area contributed by atoms with Gasteiger partial charge in [0.05, 0.1) is 10.4 Å². The van der Waals surface area contributed by atoms with Gasteiger partial charge in [-0.3, -0.25) is 9.59 Å². The van der Waals surface area contributed by atoms with Gasteiger partial charge in [0, 0.05) is 18.2 Å². The largest absolute Gasteiger partial charge is 0.484 e. The first kappa shape index (κ1) is 21.6. The van der Waals surface area contributed by atoms with Gasteiger partial charge in [0.1, 0.15) is 17.4 Å². The molecular weight excluding hydrogens is 426 g/mol. The summed E-state index contributed by atoms with van der Waals surface area (Å²) in [5.41, 5.74) is 0.312. The minimum atomic E-state index is -0.607. The fourth-order valence-corrected chi connectivity index (χ4v) is 4.66. The molecule has 0 atom stereocenters. The summed E-state index contributed by atoms with van der Waals surface area (Å²) in [5, 5.41) is 5.90. The monoisotopic (exact) mass is 448 g/mol. The predicted molar refractivity (Wildman–Crippen MR) is 112 cm³/mol. The Kier molecular flexibility index (Phi) is 5.88. The summed E-state index contributed by atoms with van der Waals surface area (Å²) in [4.78, 5) is 24.7. The van der Waals surface area contributed by atoms with Crippen LogP contribution in [0.3, 0.4) is 0 Å². The number of carbonyl (C=O) groups excluding carboxylic acids is 2. The zero-order valence-corrected chi connectivity index (χ0v) is 17.6. The average molecular weight is 449 g/mol. The van der Waals surface area contributed by atoms with Crippen molar-refractivity contribution in [1.29, 1.82) is 0 Å². The van der Waals surface area contributed by atoms with Crippen LogP contribution in [0.1, 0.15) is 31.2 Å². The molecule has 2 aromatic rings. The van der Waals surface area contributed by atoms with Crippen molar-refractivity contribution < 1.29 is 23.1 Å². The third kappa shape index (κ3) is 4.66. The smallest absolute Gasteiger partial charge is 0.258 e. The summed E-state index contributed by atoms with van der Waals surface area (Å²) >= 11 is 5.62. The molecule has 2 aromatic carbocycles. The molecule has 31 heavy (non-hydrogen) atoms. The van der Waals surface area contributed by atoms with Crippen molar-refractivity contribution in [2.24, 2.45) is 5.41 Å². The summed E-state index contributed by atoms with van der Waals surface area (Å²) in [6.45, 7) is 0.328. The summed E-state index contributed by atoms with van der Waals surface area (Å²) in [6, 6.07) is 10.4. The van der Waals surface area contributed by atoms with Crippen molar-refractivity contribution >= 4 is 23.4 Å². The third-order valence-corrected chi connectivity index (χ3v) is 6.33. The predicted octanol–water partition coefficient (Wildman–Crippen LogP) is 3.78. The van der Waals surface area contributed by atoms with E-state index in [1.54, 1.807) is 12.1 Å². The lowest BCUT2D eigenvalue weighted by atomic mass is 9.39. The summed E-state index contributed by atoms with van der Waals surface area (Å²) in [5.74, 6) is -0.915. The highest BCUT2D eigenvalue weighted by Crippen LogP contribution is 2.67. The second kappa shape index (κ2) is 8.46. The van der Waals surface area contributed by atoms with E-state index in [1.165, 1.54) is 24.3 Å². The Hall–Kier alpha value is -2.67. The van der Waals surface area contributed by atoms with E-state index >= 15 is 0 Å². The average Bonchev–Trinajstić information content (AvgIpc) is 2.69. The Labute approximate surface area is 184 Å². The van der Waals surface area contributed by atoms with Crippen molar-refractivity contribution in [2.45, 2.75) is 37.6 Å². The van der Waals surface area contributed by atoms with Crippen LogP contribution in [0.25, 0.3) is 0 Å². The fraction of sp³-hybridized carbons (Fsp3) is 0.391. The maximum Gasteiger partial charge on any atom is 0.258 e. The number of hydrogen-bond acceptors (Lipinski definition) is 3. The molecular formula is C23H23ClF2N2O3. The highest BCUT2D eigenvalue weighted by atomic mass is 35.5. The van der Waals surface area contributed by atoms with Gasteiger partial charge in [0.25, 0.3) is 5.91 Å². The van der Waals surface area contributed by atoms with Gasteiger partial charge in [0.2, 0.25) is 5.91 Å². The van der Waals surface area contributed by atoms with E-state index in [1.807, 2.05) is 0 Å². The van der Waals surface area contributed by atoms with Crippen molar-refractivity contribution in [3.63, 3.8) is 0 Å². The molecule has 3 aliphatic carbocycles. The highest BCUT2D eigenvalue weighted by Gasteiger charge is 2.72. The van der Waals surface area contributed by atoms with Crippen LogP contribution in [0, 0.1) is 17.0 Å². The summed E-state index contributed by atoms with van der Waals surface area (Å²) < 4.78 is 31.6. The van der Waals surface area contributed by atoms with Gasteiger partial charge in [-0.1, -0.05) is 23.7 Å². The van der Waals surface area contributed by atoms with E-state index < -0.39 is 5.82 Å². The maximum absolute atomic E-state index is 13.4. The number of carbonyl (C=O) groups is 2. The van der Waals surface area contributed by atoms with Crippen LogP contribution >= 0.6 is 11.6 Å². The number of aryl methyl sites for hydroxylation is 1. The Bertz CT molecular complexity index is 977. The van der Waals surface area contributed by atoms with Crippen LogP contribution in [-0.4, -0.2) is 30.5 Å². The van der Waals surface area contributed by atoms with E-state index in [0.29, 0.717) is 25.8 Å².